The summed E-state index contributed by atoms with van der Waals surface area (Å²) in [7, 11) is 2.99. The molecule has 5 rings (SSSR count). The van der Waals surface area contributed by atoms with Gasteiger partial charge in [0.1, 0.15) is 0 Å². The molecule has 0 atom stereocenters. The lowest BCUT2D eigenvalue weighted by molar-refractivity contribution is 0.104. The molecular formula is C21H14N4O3. The molecule has 1 aliphatic carbocycles. The minimum absolute atomic E-state index is 0.178. The number of hydrogen-bond donors (Lipinski definition) is 0. The van der Waals surface area contributed by atoms with Crippen LogP contribution in [0, 0.1) is 0 Å². The predicted octanol–water partition coefficient (Wildman–Crippen LogP) is 1.91. The Morgan fingerprint density at radius 2 is 1.50 bits per heavy atom. The van der Waals surface area contributed by atoms with Crippen LogP contribution in [0.5, 0.6) is 0 Å². The van der Waals surface area contributed by atoms with E-state index in [1.54, 1.807) is 43.7 Å². The fourth-order valence-electron chi connectivity index (χ4n) is 3.83. The van der Waals surface area contributed by atoms with Gasteiger partial charge in [-0.05, 0) is 17.7 Å². The summed E-state index contributed by atoms with van der Waals surface area (Å²) in [6.07, 6.45) is 3.21. The van der Waals surface area contributed by atoms with Crippen LogP contribution in [0.4, 0.5) is 0 Å². The standard InChI is InChI=1S/C21H14N4O3/c1-24-19-16(20(27)25(2)21(24)28)14(11-7-9-22-10-8-11)15-17(23-19)12-5-3-4-6-13(12)18(15)26/h3-10H,1-2H3. The van der Waals surface area contributed by atoms with Crippen LogP contribution >= 0.6 is 0 Å². The largest absolute Gasteiger partial charge is 0.332 e. The van der Waals surface area contributed by atoms with E-state index in [1.165, 1.54) is 11.6 Å². The summed E-state index contributed by atoms with van der Waals surface area (Å²) < 4.78 is 2.38. The SMILES string of the molecule is Cn1c(=O)c2c(-c3ccncc3)c3c(nc2n(C)c1=O)-c1ccccc1C3=O. The van der Waals surface area contributed by atoms with E-state index >= 15 is 0 Å². The molecular weight excluding hydrogens is 356 g/mol. The number of carbonyl (C=O) groups excluding carboxylic acids is 1. The average molecular weight is 370 g/mol. The molecule has 0 N–H and O–H groups in total. The maximum absolute atomic E-state index is 13.2. The van der Waals surface area contributed by atoms with Gasteiger partial charge in [-0.3, -0.25) is 23.7 Å². The zero-order chi connectivity index (χ0) is 19.6. The van der Waals surface area contributed by atoms with Crippen LogP contribution in [-0.2, 0) is 14.1 Å². The molecule has 4 aromatic rings. The van der Waals surface area contributed by atoms with Crippen molar-refractivity contribution in [1.29, 1.82) is 0 Å². The van der Waals surface area contributed by atoms with Crippen molar-refractivity contribution in [2.75, 3.05) is 0 Å². The third kappa shape index (κ3) is 1.95. The first-order chi connectivity index (χ1) is 13.5. The van der Waals surface area contributed by atoms with Crippen LogP contribution < -0.4 is 11.2 Å². The highest BCUT2D eigenvalue weighted by Gasteiger charge is 2.33. The van der Waals surface area contributed by atoms with Gasteiger partial charge in [0.2, 0.25) is 0 Å². The number of rotatable bonds is 1. The summed E-state index contributed by atoms with van der Waals surface area (Å²) in [5.41, 5.74) is 2.58. The first kappa shape index (κ1) is 16.3. The van der Waals surface area contributed by atoms with Crippen LogP contribution in [-0.4, -0.2) is 24.9 Å². The van der Waals surface area contributed by atoms with Gasteiger partial charge < -0.3 is 0 Å². The van der Waals surface area contributed by atoms with Crippen molar-refractivity contribution in [1.82, 2.24) is 19.1 Å². The topological polar surface area (TPSA) is 86.8 Å². The Kier molecular flexibility index (Phi) is 3.24. The van der Waals surface area contributed by atoms with Crippen LogP contribution in [0.3, 0.4) is 0 Å². The highest BCUT2D eigenvalue weighted by atomic mass is 16.2. The summed E-state index contributed by atoms with van der Waals surface area (Å²) in [6.45, 7) is 0. The van der Waals surface area contributed by atoms with Crippen LogP contribution in [0.25, 0.3) is 33.4 Å². The van der Waals surface area contributed by atoms with Gasteiger partial charge in [0.25, 0.3) is 5.56 Å². The van der Waals surface area contributed by atoms with Crippen molar-refractivity contribution < 1.29 is 4.79 Å². The second-order valence-electron chi connectivity index (χ2n) is 6.73. The molecule has 0 fully saturated rings. The van der Waals surface area contributed by atoms with Crippen LogP contribution in [0.1, 0.15) is 15.9 Å². The molecule has 136 valence electrons. The number of pyridine rings is 2. The molecule has 0 spiro atoms. The number of nitrogens with zero attached hydrogens (tertiary/aromatic N) is 4. The molecule has 0 unspecified atom stereocenters. The number of hydrogen-bond acceptors (Lipinski definition) is 5. The van der Waals surface area contributed by atoms with E-state index in [4.69, 9.17) is 0 Å². The minimum Gasteiger partial charge on any atom is -0.288 e. The summed E-state index contributed by atoms with van der Waals surface area (Å²) in [6, 6.07) is 10.7. The van der Waals surface area contributed by atoms with E-state index in [-0.39, 0.29) is 16.8 Å². The molecule has 0 saturated heterocycles. The second-order valence-corrected chi connectivity index (χ2v) is 6.73. The third-order valence-corrected chi connectivity index (χ3v) is 5.21. The number of aryl methyl sites for hydroxylation is 1. The minimum atomic E-state index is -0.482. The zero-order valence-corrected chi connectivity index (χ0v) is 15.1. The fraction of sp³-hybridized carbons (Fsp3) is 0.0952. The molecule has 0 bridgehead atoms. The van der Waals surface area contributed by atoms with Gasteiger partial charge in [-0.25, -0.2) is 9.78 Å². The zero-order valence-electron chi connectivity index (χ0n) is 15.1. The van der Waals surface area contributed by atoms with Gasteiger partial charge in [0.15, 0.2) is 11.4 Å². The lowest BCUT2D eigenvalue weighted by Crippen LogP contribution is -2.37. The second kappa shape index (κ2) is 5.56. The smallest absolute Gasteiger partial charge is 0.288 e. The maximum atomic E-state index is 13.2. The molecule has 0 amide bonds. The molecule has 0 saturated carbocycles. The van der Waals surface area contributed by atoms with Crippen molar-refractivity contribution in [3.05, 3.63) is 80.8 Å². The molecule has 3 heterocycles. The Morgan fingerprint density at radius 1 is 0.821 bits per heavy atom. The number of benzene rings is 1. The molecule has 0 radical (unpaired) electrons. The normalized spacial score (nSPS) is 12.3. The molecule has 1 aromatic carbocycles. The fourth-order valence-corrected chi connectivity index (χ4v) is 3.83. The highest BCUT2D eigenvalue weighted by Crippen LogP contribution is 2.42. The van der Waals surface area contributed by atoms with E-state index in [0.29, 0.717) is 33.5 Å². The predicted molar refractivity (Wildman–Crippen MR) is 104 cm³/mol. The van der Waals surface area contributed by atoms with Gasteiger partial charge in [-0.2, -0.15) is 0 Å². The summed E-state index contributed by atoms with van der Waals surface area (Å²) in [5, 5.41) is 0.246. The van der Waals surface area contributed by atoms with Crippen molar-refractivity contribution in [2.24, 2.45) is 14.1 Å². The lowest BCUT2D eigenvalue weighted by atomic mass is 9.96. The Labute approximate surface area is 158 Å². The van der Waals surface area contributed by atoms with Crippen LogP contribution in [0.2, 0.25) is 0 Å². The Hall–Kier alpha value is -3.87. The molecule has 7 heteroatoms. The number of ketones is 1. The van der Waals surface area contributed by atoms with Crippen molar-refractivity contribution in [3.63, 3.8) is 0 Å². The van der Waals surface area contributed by atoms with Gasteiger partial charge in [0, 0.05) is 43.2 Å². The van der Waals surface area contributed by atoms with E-state index in [9.17, 15) is 14.4 Å². The number of fused-ring (bicyclic) bond motifs is 4. The first-order valence-corrected chi connectivity index (χ1v) is 8.69. The third-order valence-electron chi connectivity index (χ3n) is 5.21. The Morgan fingerprint density at radius 3 is 2.21 bits per heavy atom. The van der Waals surface area contributed by atoms with Crippen molar-refractivity contribution in [2.45, 2.75) is 0 Å². The van der Waals surface area contributed by atoms with E-state index in [0.717, 1.165) is 4.57 Å². The lowest BCUT2D eigenvalue weighted by Gasteiger charge is -2.14. The summed E-state index contributed by atoms with van der Waals surface area (Å²) in [5.74, 6) is -0.178. The molecule has 28 heavy (non-hydrogen) atoms. The monoisotopic (exact) mass is 370 g/mol. The van der Waals surface area contributed by atoms with Crippen molar-refractivity contribution in [3.8, 4) is 22.4 Å². The quantitative estimate of drug-likeness (QED) is 0.450. The van der Waals surface area contributed by atoms with E-state index in [1.807, 2.05) is 12.1 Å². The van der Waals surface area contributed by atoms with Crippen LogP contribution in [0.15, 0.2) is 58.4 Å². The highest BCUT2D eigenvalue weighted by molar-refractivity contribution is 6.26. The molecule has 1 aliphatic rings. The van der Waals surface area contributed by atoms with Gasteiger partial charge in [-0.1, -0.05) is 24.3 Å². The first-order valence-electron chi connectivity index (χ1n) is 8.69. The molecule has 3 aromatic heterocycles. The van der Waals surface area contributed by atoms with Gasteiger partial charge >= 0.3 is 5.69 Å². The average Bonchev–Trinajstić information content (AvgIpc) is 3.02. The summed E-state index contributed by atoms with van der Waals surface area (Å²) in [4.78, 5) is 47.4. The Bertz CT molecular complexity index is 1430. The Balaban J connectivity index is 2.09. The van der Waals surface area contributed by atoms with E-state index in [2.05, 4.69) is 9.97 Å². The number of carbonyl (C=O) groups is 1. The van der Waals surface area contributed by atoms with E-state index < -0.39 is 11.2 Å². The maximum Gasteiger partial charge on any atom is 0.332 e. The molecule has 0 aliphatic heterocycles. The summed E-state index contributed by atoms with van der Waals surface area (Å²) >= 11 is 0. The number of aromatic nitrogens is 4. The van der Waals surface area contributed by atoms with Crippen molar-refractivity contribution >= 4 is 16.8 Å². The molecule has 7 nitrogen and oxygen atoms in total. The van der Waals surface area contributed by atoms with Gasteiger partial charge in [0.05, 0.1) is 16.6 Å². The van der Waals surface area contributed by atoms with Gasteiger partial charge in [-0.15, -0.1) is 0 Å².